The standard InChI is InChI=1S/C37H23N4.C23H16.C17H12S4Si.Cu/c1-21-14-15-28-29(16-21)37-20-35-27-13-7-6-12-26(27)33(40-35)18-31-23-9-3-2-8-22(23)30(38-31)17-32-24-10-4-5-11-25(24)34(39-32)19-36(28)41-37;1-15-6-7-18-11-22-13-20-9-16-4-2-3-5-17(16)10-21(20)14-23(22)12-19(18)8-15;1-22-14-8-12(10-4-2-6-18-10)20-16(14)17-15(22)9-13(21-17)11-5-3-7-19-11;/h2-20,33H,1H3;2-14H,1H3;2-9,22H,1H3;/q-3;;;. The largest absolute Gasteiger partial charge is 0.674 e. The number of thiophene rings is 4. The van der Waals surface area contributed by atoms with E-state index < -0.39 is 8.80 Å². The number of hydrogen-bond donors (Lipinski definition) is 0. The van der Waals surface area contributed by atoms with E-state index in [0.717, 1.165) is 77.4 Å². The first-order chi connectivity index (χ1) is 42.3. The van der Waals surface area contributed by atoms with Crippen molar-refractivity contribution in [2.24, 2.45) is 4.99 Å². The summed E-state index contributed by atoms with van der Waals surface area (Å²) in [5.74, 6) is 0. The summed E-state index contributed by atoms with van der Waals surface area (Å²) in [6, 6.07) is 74.6. The van der Waals surface area contributed by atoms with Gasteiger partial charge < -0.3 is 15.3 Å². The van der Waals surface area contributed by atoms with Gasteiger partial charge in [0.15, 0.2) is 0 Å². The summed E-state index contributed by atoms with van der Waals surface area (Å²) in [7, 11) is -0.982. The van der Waals surface area contributed by atoms with E-state index in [2.05, 4.69) is 262 Å². The van der Waals surface area contributed by atoms with Crippen LogP contribution in [0.3, 0.4) is 0 Å². The number of hydrogen-bond acceptors (Lipinski definition) is 5. The molecular weight excluding hydrogens is 1200 g/mol. The summed E-state index contributed by atoms with van der Waals surface area (Å²) in [4.78, 5) is 24.4. The van der Waals surface area contributed by atoms with Gasteiger partial charge in [-0.05, 0) is 178 Å². The number of aliphatic imine (C=N–C) groups is 1. The van der Waals surface area contributed by atoms with Gasteiger partial charge in [0.25, 0.3) is 0 Å². The summed E-state index contributed by atoms with van der Waals surface area (Å²) in [6.07, 6.45) is 8.60. The Balaban J connectivity index is 0.000000113. The van der Waals surface area contributed by atoms with Gasteiger partial charge in [-0.25, -0.2) is 4.99 Å². The molecule has 0 saturated carbocycles. The van der Waals surface area contributed by atoms with Gasteiger partial charge in [0.1, 0.15) is 8.80 Å². The molecule has 0 saturated heterocycles. The maximum atomic E-state index is 5.24. The van der Waals surface area contributed by atoms with Crippen LogP contribution < -0.4 is 31.0 Å². The maximum Gasteiger partial charge on any atom is 0.104 e. The predicted molar refractivity (Wildman–Crippen MR) is 376 cm³/mol. The second kappa shape index (κ2) is 21.6. The Labute approximate surface area is 531 Å². The molecule has 19 rings (SSSR count). The fourth-order valence-electron chi connectivity index (χ4n) is 13.1. The van der Waals surface area contributed by atoms with Gasteiger partial charge in [-0.2, -0.15) is 0 Å². The summed E-state index contributed by atoms with van der Waals surface area (Å²) in [5.41, 5.74) is 11.7. The Morgan fingerprint density at radius 3 is 1.62 bits per heavy atom. The van der Waals surface area contributed by atoms with Crippen LogP contribution in [0.1, 0.15) is 50.8 Å². The first kappa shape index (κ1) is 53.8. The van der Waals surface area contributed by atoms with E-state index in [4.69, 9.17) is 20.3 Å². The predicted octanol–water partition coefficient (Wildman–Crippen LogP) is 18.5. The molecule has 4 nitrogen and oxygen atoms in total. The van der Waals surface area contributed by atoms with Crippen LogP contribution in [0.2, 0.25) is 6.55 Å². The average molecular weight is 1250 g/mol. The zero-order chi connectivity index (χ0) is 57.1. The summed E-state index contributed by atoms with van der Waals surface area (Å²) in [5, 5.41) is 29.7. The molecule has 10 heterocycles. The molecule has 15 aromatic rings. The quantitative estimate of drug-likeness (QED) is 0.128. The van der Waals surface area contributed by atoms with Gasteiger partial charge in [0, 0.05) is 57.5 Å². The second-order valence-corrected chi connectivity index (χ2v) is 29.5. The number of rotatable bonds is 2. The zero-order valence-electron chi connectivity index (χ0n) is 47.5. The molecule has 4 aliphatic heterocycles. The molecule has 87 heavy (non-hydrogen) atoms. The summed E-state index contributed by atoms with van der Waals surface area (Å²) in [6.45, 7) is 6.76. The number of nitrogens with zero attached hydrogens (tertiary/aromatic N) is 4. The normalized spacial score (nSPS) is 14.4. The van der Waals surface area contributed by atoms with E-state index in [0.29, 0.717) is 0 Å². The van der Waals surface area contributed by atoms with Crippen molar-refractivity contribution in [1.82, 2.24) is 9.97 Å². The first-order valence-corrected chi connectivity index (χ1v) is 34.8. The van der Waals surface area contributed by atoms with Crippen LogP contribution in [0.15, 0.2) is 222 Å². The molecule has 0 spiro atoms. The fourth-order valence-corrected chi connectivity index (χ4v) is 21.2. The number of aryl methyl sites for hydroxylation is 2. The molecule has 10 heteroatoms. The Morgan fingerprint density at radius 1 is 0.425 bits per heavy atom. The molecule has 421 valence electrons. The van der Waals surface area contributed by atoms with Crippen molar-refractivity contribution in [1.29, 1.82) is 0 Å². The Kier molecular flexibility index (Phi) is 13.4. The molecule has 1 unspecified atom stereocenters. The van der Waals surface area contributed by atoms with E-state index in [1.165, 1.54) is 79.3 Å². The minimum absolute atomic E-state index is 0. The smallest absolute Gasteiger partial charge is 0.104 e. The summed E-state index contributed by atoms with van der Waals surface area (Å²) >= 11 is 7.69. The van der Waals surface area contributed by atoms with Gasteiger partial charge in [0.2, 0.25) is 0 Å². The van der Waals surface area contributed by atoms with E-state index in [-0.39, 0.29) is 23.1 Å². The molecule has 6 aromatic heterocycles. The van der Waals surface area contributed by atoms with E-state index in [9.17, 15) is 0 Å². The van der Waals surface area contributed by atoms with Crippen molar-refractivity contribution >= 4 is 171 Å². The van der Waals surface area contributed by atoms with Crippen molar-refractivity contribution in [3.63, 3.8) is 0 Å². The Hall–Kier alpha value is -8.67. The van der Waals surface area contributed by atoms with Crippen molar-refractivity contribution in [3.8, 4) is 29.3 Å². The van der Waals surface area contributed by atoms with Crippen LogP contribution in [-0.2, 0) is 17.1 Å². The summed E-state index contributed by atoms with van der Waals surface area (Å²) < 4.78 is 0. The maximum absolute atomic E-state index is 5.24. The van der Waals surface area contributed by atoms with Gasteiger partial charge in [-0.3, -0.25) is 0 Å². The number of benzene rings is 9. The average Bonchev–Trinajstić information content (AvgIpc) is 1.91. The van der Waals surface area contributed by atoms with Crippen LogP contribution in [0.5, 0.6) is 0 Å². The fraction of sp³-hybridized carbons (Fsp3) is 0.0519. The third kappa shape index (κ3) is 9.46. The van der Waals surface area contributed by atoms with Gasteiger partial charge >= 0.3 is 0 Å². The monoisotopic (exact) mass is 1250 g/mol. The zero-order valence-corrected chi connectivity index (χ0v) is 52.8. The van der Waals surface area contributed by atoms with Crippen LogP contribution in [0.4, 0.5) is 0 Å². The molecule has 9 aromatic carbocycles. The molecule has 8 bridgehead atoms. The van der Waals surface area contributed by atoms with Gasteiger partial charge in [-0.1, -0.05) is 181 Å². The molecule has 0 N–H and O–H groups in total. The SMILES string of the molecule is C[SiH]1c2cc(-c3cccs3)sc2-c2sc(-c3cccs3)cc21.Cc1ccc2c3[n-]c(c2c1)C=C1[N-]C(C=c2[n-]c(c4ccccc24)=CC2=NC(=C3)c3ccccc32)c2ccccc21.Cc1ccc2cc3cc4cc5ccccc5cc4cc3cc2c1.[Cu]. The molecule has 4 aliphatic rings. The van der Waals surface area contributed by atoms with Crippen molar-refractivity contribution in [2.75, 3.05) is 0 Å². The first-order valence-electron chi connectivity index (χ1n) is 29.1. The van der Waals surface area contributed by atoms with Crippen LogP contribution in [0, 0.1) is 13.8 Å². The van der Waals surface area contributed by atoms with Crippen LogP contribution in [0.25, 0.3) is 135 Å². The van der Waals surface area contributed by atoms with Gasteiger partial charge in [0.05, 0.1) is 11.4 Å². The van der Waals surface area contributed by atoms with E-state index in [1.807, 2.05) is 45.3 Å². The topological polar surface area (TPSA) is 54.7 Å². The molecule has 0 fully saturated rings. The van der Waals surface area contributed by atoms with Crippen molar-refractivity contribution in [2.45, 2.75) is 26.4 Å². The van der Waals surface area contributed by atoms with Crippen molar-refractivity contribution in [3.05, 3.63) is 278 Å². The Morgan fingerprint density at radius 2 is 0.966 bits per heavy atom. The second-order valence-electron chi connectivity index (χ2n) is 22.8. The molecule has 0 aliphatic carbocycles. The third-order valence-electron chi connectivity index (χ3n) is 17.3. The van der Waals surface area contributed by atoms with Crippen LogP contribution in [-0.4, -0.2) is 14.5 Å². The van der Waals surface area contributed by atoms with E-state index in [1.54, 1.807) is 20.1 Å². The van der Waals surface area contributed by atoms with Crippen molar-refractivity contribution < 1.29 is 17.1 Å². The third-order valence-corrected chi connectivity index (χ3v) is 25.1. The van der Waals surface area contributed by atoms with E-state index >= 15 is 0 Å². The number of fused-ring (bicyclic) bond motifs is 26. The molecule has 0 amide bonds. The van der Waals surface area contributed by atoms with Gasteiger partial charge in [-0.15, -0.1) is 79.2 Å². The molecule has 1 atom stereocenters. The molecule has 1 radical (unpaired) electrons. The molecular formula is C77H51CuN4S4Si-3. The number of aromatic nitrogens is 2. The Bertz CT molecular complexity index is 5440. The minimum atomic E-state index is -0.982. The van der Waals surface area contributed by atoms with Crippen LogP contribution >= 0.6 is 45.3 Å². The minimum Gasteiger partial charge on any atom is -0.674 e.